The fraction of sp³-hybridized carbons (Fsp3) is 0.548. The van der Waals surface area contributed by atoms with Crippen LogP contribution >= 0.6 is 0 Å². The van der Waals surface area contributed by atoms with Gasteiger partial charge in [-0.15, -0.1) is 0 Å². The number of nitrogens with one attached hydrogen (secondary N) is 1. The molecule has 286 valence electrons. The van der Waals surface area contributed by atoms with Gasteiger partial charge in [-0.05, 0) is 52.7 Å². The molecule has 0 radical (unpaired) electrons. The Labute approximate surface area is 294 Å². The summed E-state index contributed by atoms with van der Waals surface area (Å²) in [4.78, 5) is 15.1. The average Bonchev–Trinajstić information content (AvgIpc) is 3.76. The van der Waals surface area contributed by atoms with Crippen LogP contribution in [0.25, 0.3) is 11.6 Å². The number of anilines is 1. The highest BCUT2D eigenvalue weighted by Crippen LogP contribution is 2.36. The first kappa shape index (κ1) is 40.5. The molecule has 6 rings (SSSR count). The molecule has 3 N–H and O–H groups in total. The molecule has 0 spiro atoms. The maximum absolute atomic E-state index is 13.3. The maximum atomic E-state index is 13.3. The van der Waals surface area contributed by atoms with E-state index in [1.165, 1.54) is 9.36 Å². The Hall–Kier alpha value is -4.27. The molecule has 52 heavy (non-hydrogen) atoms. The number of nitrogens with zero attached hydrogens (tertiary/aromatic N) is 8. The van der Waals surface area contributed by atoms with E-state index in [1.54, 1.807) is 39.8 Å². The molecule has 0 amide bonds. The fourth-order valence-corrected chi connectivity index (χ4v) is 6.05. The number of sulfone groups is 1. The zero-order valence-corrected chi connectivity index (χ0v) is 29.6. The number of aromatic nitrogens is 8. The molecule has 0 aromatic carbocycles. The summed E-state index contributed by atoms with van der Waals surface area (Å²) in [6.07, 6.45) is -4.83. The lowest BCUT2D eigenvalue weighted by molar-refractivity contribution is 0.00749. The Morgan fingerprint density at radius 1 is 0.750 bits per heavy atom. The van der Waals surface area contributed by atoms with E-state index in [0.717, 1.165) is 29.8 Å². The molecule has 2 unspecified atom stereocenters. The van der Waals surface area contributed by atoms with Crippen molar-refractivity contribution in [3.8, 4) is 11.6 Å². The third-order valence-electron chi connectivity index (χ3n) is 7.85. The molecule has 2 aliphatic carbocycles. The lowest BCUT2D eigenvalue weighted by Crippen LogP contribution is -2.21. The average molecular weight is 767 g/mol. The van der Waals surface area contributed by atoms with E-state index >= 15 is 0 Å². The van der Waals surface area contributed by atoms with Crippen LogP contribution in [0.2, 0.25) is 0 Å². The third-order valence-corrected chi connectivity index (χ3v) is 8.70. The van der Waals surface area contributed by atoms with E-state index in [0.29, 0.717) is 17.8 Å². The van der Waals surface area contributed by atoms with Gasteiger partial charge in [0.1, 0.15) is 11.4 Å². The van der Waals surface area contributed by atoms with Gasteiger partial charge in [-0.3, -0.25) is 0 Å². The number of nitrogens with two attached hydrogens (primary N) is 1. The topological polar surface area (TPSA) is 159 Å². The molecule has 0 saturated heterocycles. The van der Waals surface area contributed by atoms with Crippen LogP contribution < -0.4 is 11.1 Å². The molecule has 12 nitrogen and oxygen atoms in total. The largest absolute Gasteiger partial charge is 0.351 e. The Kier molecular flexibility index (Phi) is 12.3. The molecule has 2 saturated carbocycles. The van der Waals surface area contributed by atoms with Gasteiger partial charge in [0, 0.05) is 67.5 Å². The van der Waals surface area contributed by atoms with E-state index in [1.807, 2.05) is 0 Å². The van der Waals surface area contributed by atoms with Gasteiger partial charge in [-0.25, -0.2) is 62.9 Å². The predicted molar refractivity (Wildman–Crippen MR) is 173 cm³/mol. The molecule has 4 aromatic rings. The Morgan fingerprint density at radius 2 is 1.23 bits per heavy atom. The highest BCUT2D eigenvalue weighted by Gasteiger charge is 2.40. The number of rotatable bonds is 7. The molecule has 4 aromatic heterocycles. The number of halogens is 8. The van der Waals surface area contributed by atoms with Gasteiger partial charge in [0.05, 0.1) is 11.4 Å². The number of alkyl halides is 8. The normalized spacial score (nSPS) is 19.3. The smallest absolute Gasteiger partial charge is 0.280 e. The first-order valence-electron chi connectivity index (χ1n) is 15.9. The molecular weight excluding hydrogens is 728 g/mol. The van der Waals surface area contributed by atoms with E-state index in [2.05, 4.69) is 35.5 Å². The Bertz CT molecular complexity index is 1970. The highest BCUT2D eigenvalue weighted by molar-refractivity contribution is 7.90. The summed E-state index contributed by atoms with van der Waals surface area (Å²) >= 11 is 0. The van der Waals surface area contributed by atoms with Crippen molar-refractivity contribution in [1.82, 2.24) is 39.5 Å². The van der Waals surface area contributed by atoms with Crippen LogP contribution in [0.3, 0.4) is 0 Å². The van der Waals surface area contributed by atoms with E-state index in [9.17, 15) is 43.5 Å². The molecule has 2 atom stereocenters. The molecule has 4 heterocycles. The van der Waals surface area contributed by atoms with Gasteiger partial charge in [-0.1, -0.05) is 0 Å². The van der Waals surface area contributed by atoms with Crippen LogP contribution in [0, 0.1) is 27.7 Å². The van der Waals surface area contributed by atoms with Gasteiger partial charge >= 0.3 is 0 Å². The van der Waals surface area contributed by atoms with E-state index < -0.39 is 57.1 Å². The van der Waals surface area contributed by atoms with Crippen LogP contribution in [-0.4, -0.2) is 78.1 Å². The molecule has 2 aliphatic rings. The van der Waals surface area contributed by atoms with Crippen LogP contribution in [0.5, 0.6) is 0 Å². The predicted octanol–water partition coefficient (Wildman–Crippen LogP) is 6.57. The van der Waals surface area contributed by atoms with E-state index in [-0.39, 0.29) is 55.7 Å². The van der Waals surface area contributed by atoms with Gasteiger partial charge < -0.3 is 11.1 Å². The van der Waals surface area contributed by atoms with Crippen molar-refractivity contribution in [2.75, 3.05) is 11.6 Å². The van der Waals surface area contributed by atoms with Crippen molar-refractivity contribution >= 4 is 15.8 Å². The first-order chi connectivity index (χ1) is 24.0. The summed E-state index contributed by atoms with van der Waals surface area (Å²) in [7, 11) is -3.79. The summed E-state index contributed by atoms with van der Waals surface area (Å²) in [5.74, 6) is -5.10. The second-order valence-electron chi connectivity index (χ2n) is 12.8. The summed E-state index contributed by atoms with van der Waals surface area (Å²) in [6.45, 7) is 6.99. The van der Waals surface area contributed by atoms with Crippen molar-refractivity contribution in [1.29, 1.82) is 0 Å². The first-order valence-corrected chi connectivity index (χ1v) is 17.8. The van der Waals surface area contributed by atoms with Gasteiger partial charge in [0.2, 0.25) is 32.8 Å². The molecule has 0 bridgehead atoms. The second-order valence-corrected chi connectivity index (χ2v) is 14.7. The summed E-state index contributed by atoms with van der Waals surface area (Å²) in [5, 5.41) is 10.4. The van der Waals surface area contributed by atoms with Gasteiger partial charge in [0.15, 0.2) is 11.6 Å². The van der Waals surface area contributed by atoms with Crippen molar-refractivity contribution in [2.24, 2.45) is 5.73 Å². The van der Waals surface area contributed by atoms with Crippen LogP contribution in [0.15, 0.2) is 29.4 Å². The van der Waals surface area contributed by atoms with Crippen molar-refractivity contribution in [3.05, 3.63) is 58.4 Å². The quantitative estimate of drug-likeness (QED) is 0.156. The molecule has 2 fully saturated rings. The number of hydrogen-bond donors (Lipinski definition) is 2. The van der Waals surface area contributed by atoms with Crippen LogP contribution in [-0.2, 0) is 9.84 Å². The minimum atomic E-state index is -3.79. The monoisotopic (exact) mass is 766 g/mol. The minimum absolute atomic E-state index is 0.00123. The van der Waals surface area contributed by atoms with Gasteiger partial charge in [0.25, 0.3) is 12.9 Å². The lowest BCUT2D eigenvalue weighted by Gasteiger charge is -2.15. The zero-order valence-electron chi connectivity index (χ0n) is 28.8. The summed E-state index contributed by atoms with van der Waals surface area (Å²) in [6, 6.07) is 4.89. The van der Waals surface area contributed by atoms with E-state index in [4.69, 9.17) is 5.73 Å². The maximum Gasteiger partial charge on any atom is 0.280 e. The zero-order chi connectivity index (χ0) is 38.8. The van der Waals surface area contributed by atoms with Crippen molar-refractivity contribution in [3.63, 3.8) is 0 Å². The fourth-order valence-electron chi connectivity index (χ4n) is 5.52. The SMILES string of the molecule is Cc1cc(C)n(-c2cc(C(F)F)nc(NC3CCC(F)(F)C3)n2)n1.Cc1cc(C)n(-c2cc(C(F)F)nc(S(C)(=O)=O)n2)n1.NC1CCC(F)(F)C1. The Morgan fingerprint density at radius 3 is 1.60 bits per heavy atom. The number of hydrogen-bond acceptors (Lipinski definition) is 10. The van der Waals surface area contributed by atoms with Gasteiger partial charge in [-0.2, -0.15) is 20.2 Å². The summed E-state index contributed by atoms with van der Waals surface area (Å²) < 4.78 is 128. The molecular formula is C31H38F8N10O2S. The summed E-state index contributed by atoms with van der Waals surface area (Å²) in [5.41, 5.74) is 6.87. The van der Waals surface area contributed by atoms with Crippen molar-refractivity contribution < 1.29 is 43.5 Å². The molecule has 21 heteroatoms. The van der Waals surface area contributed by atoms with Crippen LogP contribution in [0.4, 0.5) is 41.1 Å². The second kappa shape index (κ2) is 15.8. The Balaban J connectivity index is 0.000000194. The highest BCUT2D eigenvalue weighted by atomic mass is 32.2. The molecule has 0 aliphatic heterocycles. The third kappa shape index (κ3) is 10.9. The van der Waals surface area contributed by atoms with Crippen LogP contribution in [0.1, 0.15) is 85.5 Å². The standard InChI is InChI=1S/C15H17F4N5.C11H12F2N4O2S.C5H9F2N/c1-8-5-9(2)24(23-8)12-6-11(13(16)17)21-14(22-12)20-10-3-4-15(18,19)7-10;1-6-4-7(2)17(16-6)9-5-8(10(12)13)14-11(15-9)20(3,18)19;6-5(7)2-1-4(8)3-5/h5-6,10,13H,3-4,7H2,1-2H3,(H,20,21,22);4-5,10H,1-3H3;4H,1-3,8H2. The van der Waals surface area contributed by atoms with Crippen molar-refractivity contribution in [2.45, 2.75) is 108 Å². The number of aryl methyl sites for hydroxylation is 4. The lowest BCUT2D eigenvalue weighted by atomic mass is 10.2. The minimum Gasteiger partial charge on any atom is -0.351 e.